The number of piperazine rings is 1. The molecule has 0 spiro atoms. The number of amides is 5. The number of thioether (sulfide) groups is 1. The third kappa shape index (κ3) is 18.2. The number of nitrogens with one attached hydrogen (secondary N) is 4. The van der Waals surface area contributed by atoms with Crippen molar-refractivity contribution in [1.29, 1.82) is 0 Å². The fourth-order valence-corrected chi connectivity index (χ4v) is 16.8. The second kappa shape index (κ2) is 31.4. The molecule has 95 heavy (non-hydrogen) atoms. The van der Waals surface area contributed by atoms with Crippen LogP contribution < -0.4 is 26.4 Å². The molecule has 27 heteroatoms. The van der Waals surface area contributed by atoms with Gasteiger partial charge in [-0.2, -0.15) is 13.2 Å². The van der Waals surface area contributed by atoms with E-state index in [1.807, 2.05) is 41.5 Å². The van der Waals surface area contributed by atoms with E-state index in [2.05, 4.69) is 65.3 Å². The molecule has 3 heterocycles. The molecule has 4 aliphatic carbocycles. The number of fused-ring (bicyclic) bond motifs is 1. The van der Waals surface area contributed by atoms with Gasteiger partial charge in [-0.1, -0.05) is 70.0 Å². The Morgan fingerprint density at radius 2 is 1.42 bits per heavy atom. The lowest BCUT2D eigenvalue weighted by molar-refractivity contribution is -0.167. The number of nitrogens with zero attached hydrogens (tertiary/aromatic N) is 4. The maximum absolute atomic E-state index is 14.2. The Morgan fingerprint density at radius 3 is 2.05 bits per heavy atom. The Labute approximate surface area is 560 Å². The summed E-state index contributed by atoms with van der Waals surface area (Å²) in [6.45, 7) is 22.1. The first-order valence-corrected chi connectivity index (χ1v) is 36.6. The number of rotatable bonds is 31. The third-order valence-corrected chi connectivity index (χ3v) is 22.9. The number of sulfonamides is 1. The number of anilines is 3. The number of piperidine rings is 1. The highest BCUT2D eigenvalue weighted by Gasteiger charge is 2.67. The SMILES string of the molecule is CCN(CC)CC1=C(C23CC(C)(C2)C3)CC(C)(C)CC1.Nc1ccc(C(=O)NS(=O)(=O)c2ccc(N[C@H](CCN3CCN(CCOCCOCCOCCNc4cccc5c4C(=O)N(C4CCC(=O)NC4=O)C5=O)CC3)CSc3ccccc3)c(S(=O)(=O)C(F)(F)F)c2)cc1. The summed E-state index contributed by atoms with van der Waals surface area (Å²) in [6, 6.07) is 20.0. The summed E-state index contributed by atoms with van der Waals surface area (Å²) < 4.78 is 114. The molecule has 1 unspecified atom stereocenters. The van der Waals surface area contributed by atoms with E-state index in [0.717, 1.165) is 40.4 Å². The zero-order valence-electron chi connectivity index (χ0n) is 54.8. The molecule has 2 bridgehead atoms. The molecule has 518 valence electrons. The predicted octanol–water partition coefficient (Wildman–Crippen LogP) is 8.85. The van der Waals surface area contributed by atoms with Crippen molar-refractivity contribution in [1.82, 2.24) is 29.6 Å². The Balaban J connectivity index is 0.000000447. The number of hydrogen-bond donors (Lipinski definition) is 5. The van der Waals surface area contributed by atoms with Gasteiger partial charge in [0.1, 0.15) is 10.9 Å². The van der Waals surface area contributed by atoms with Gasteiger partial charge in [0.25, 0.3) is 37.6 Å². The molecule has 5 fully saturated rings. The summed E-state index contributed by atoms with van der Waals surface area (Å²) in [4.78, 5) is 69.8. The first-order chi connectivity index (χ1) is 45.1. The Hall–Kier alpha value is -6.43. The summed E-state index contributed by atoms with van der Waals surface area (Å²) in [5.74, 6) is -3.09. The number of alkyl halides is 3. The smallest absolute Gasteiger partial charge is 0.399 e. The fraction of sp³-hybridized carbons (Fsp3) is 0.544. The van der Waals surface area contributed by atoms with Crippen LogP contribution in [0.15, 0.2) is 117 Å². The normalized spacial score (nSPS) is 21.7. The number of benzene rings is 4. The van der Waals surface area contributed by atoms with Gasteiger partial charge in [0.15, 0.2) is 0 Å². The minimum Gasteiger partial charge on any atom is -0.399 e. The molecule has 5 amide bonds. The topological polar surface area (TPSA) is 268 Å². The van der Waals surface area contributed by atoms with Crippen LogP contribution in [-0.2, 0) is 43.7 Å². The van der Waals surface area contributed by atoms with Gasteiger partial charge < -0.3 is 35.5 Å². The highest BCUT2D eigenvalue weighted by Crippen LogP contribution is 2.77. The molecule has 11 rings (SSSR count). The number of sulfone groups is 1. The van der Waals surface area contributed by atoms with E-state index in [9.17, 15) is 54.0 Å². The molecular weight excluding hydrogens is 1290 g/mol. The van der Waals surface area contributed by atoms with Crippen molar-refractivity contribution in [3.8, 4) is 0 Å². The van der Waals surface area contributed by atoms with Crippen molar-refractivity contribution in [3.63, 3.8) is 0 Å². The molecule has 3 saturated carbocycles. The van der Waals surface area contributed by atoms with Crippen molar-refractivity contribution in [2.24, 2.45) is 16.2 Å². The van der Waals surface area contributed by atoms with Gasteiger partial charge >= 0.3 is 5.51 Å². The average molecular weight is 1380 g/mol. The van der Waals surface area contributed by atoms with Gasteiger partial charge in [-0.25, -0.2) is 21.6 Å². The molecule has 7 aliphatic rings. The summed E-state index contributed by atoms with van der Waals surface area (Å²) in [5, 5.41) is 8.29. The van der Waals surface area contributed by atoms with Crippen LogP contribution in [0.1, 0.15) is 123 Å². The highest BCUT2D eigenvalue weighted by atomic mass is 32.2. The molecule has 3 aliphatic heterocycles. The Bertz CT molecular complexity index is 3640. The second-order valence-electron chi connectivity index (χ2n) is 26.5. The molecule has 2 saturated heterocycles. The first kappa shape index (κ1) is 72.8. The summed E-state index contributed by atoms with van der Waals surface area (Å²) in [6.07, 6.45) is 9.09. The zero-order chi connectivity index (χ0) is 68.3. The molecular formula is C68H90F3N9O12S3. The van der Waals surface area contributed by atoms with E-state index in [1.165, 1.54) is 100 Å². The van der Waals surface area contributed by atoms with E-state index in [4.69, 9.17) is 19.9 Å². The van der Waals surface area contributed by atoms with Crippen molar-refractivity contribution in [2.45, 2.75) is 125 Å². The lowest BCUT2D eigenvalue weighted by Gasteiger charge is -2.72. The fourth-order valence-electron chi connectivity index (χ4n) is 13.8. The van der Waals surface area contributed by atoms with Crippen molar-refractivity contribution in [2.75, 3.05) is 127 Å². The van der Waals surface area contributed by atoms with Crippen LogP contribution in [0.4, 0.5) is 30.2 Å². The molecule has 0 aromatic heterocycles. The van der Waals surface area contributed by atoms with Crippen LogP contribution in [0.2, 0.25) is 0 Å². The lowest BCUT2D eigenvalue weighted by atomic mass is 9.33. The van der Waals surface area contributed by atoms with Gasteiger partial charge in [-0.15, -0.1) is 11.8 Å². The number of nitrogen functional groups attached to an aromatic ring is 1. The Kier molecular flexibility index (Phi) is 24.1. The minimum atomic E-state index is -6.09. The maximum atomic E-state index is 14.2. The lowest BCUT2D eigenvalue weighted by Crippen LogP contribution is -2.61. The monoisotopic (exact) mass is 1380 g/mol. The number of hydrogen-bond acceptors (Lipinski definition) is 19. The predicted molar refractivity (Wildman–Crippen MR) is 358 cm³/mol. The van der Waals surface area contributed by atoms with Crippen LogP contribution >= 0.6 is 11.8 Å². The first-order valence-electron chi connectivity index (χ1n) is 32.7. The summed E-state index contributed by atoms with van der Waals surface area (Å²) in [7, 11) is -10.9. The molecule has 4 aromatic carbocycles. The molecule has 4 aromatic rings. The van der Waals surface area contributed by atoms with Gasteiger partial charge in [-0.3, -0.25) is 44.0 Å². The van der Waals surface area contributed by atoms with Crippen LogP contribution in [0.5, 0.6) is 0 Å². The number of likely N-dealkylation sites (N-methyl/N-ethyl adjacent to an activating group) is 1. The number of nitrogens with two attached hydrogens (primary N) is 1. The summed E-state index contributed by atoms with van der Waals surface area (Å²) in [5.41, 5.74) is 6.05. The number of halogens is 3. The van der Waals surface area contributed by atoms with Crippen molar-refractivity contribution in [3.05, 3.63) is 119 Å². The number of imide groups is 2. The Morgan fingerprint density at radius 1 is 0.779 bits per heavy atom. The number of ether oxygens (including phenoxy) is 3. The van der Waals surface area contributed by atoms with Crippen LogP contribution in [0.3, 0.4) is 0 Å². The zero-order valence-corrected chi connectivity index (χ0v) is 57.3. The quantitative estimate of drug-likeness (QED) is 0.0103. The standard InChI is InChI=1S/C49H57F3N8O12S3.C19H33N/c50-49(51,52)74(66,67)42-31-37(75(68,69)57-45(62)33-9-11-34(53)12-10-33)13-14-39(42)55-35(32-73-36-5-2-1-3-6-36)17-19-58-20-22-59(23-21-58)24-26-71-28-30-72-29-27-70-25-18-54-40-8-4-7-38-44(40)48(65)60(47(38)64)41-15-16-43(61)56-46(41)63;1-6-20(7-2)11-15-8-9-17(3,4)10-16(15)19-12-18(5,13-19)14-19/h1-14,31,35,41,54-55H,15-30,32,53H2,(H,57,62)(H,56,61,63);6-14H2,1-5H3/t35-,41?;/m1./s1. The van der Waals surface area contributed by atoms with E-state index >= 15 is 0 Å². The van der Waals surface area contributed by atoms with Crippen LogP contribution in [0.25, 0.3) is 0 Å². The number of allylic oxidation sites excluding steroid dienone is 1. The minimum absolute atomic E-state index is 0.0294. The van der Waals surface area contributed by atoms with Crippen LogP contribution in [0, 0.1) is 16.2 Å². The van der Waals surface area contributed by atoms with Crippen molar-refractivity contribution < 1.29 is 68.2 Å². The van der Waals surface area contributed by atoms with Gasteiger partial charge in [0.05, 0.1) is 61.4 Å². The molecule has 6 N–H and O–H groups in total. The largest absolute Gasteiger partial charge is 0.501 e. The van der Waals surface area contributed by atoms with Gasteiger partial charge in [0, 0.05) is 92.4 Å². The highest BCUT2D eigenvalue weighted by molar-refractivity contribution is 7.99. The second-order valence-corrected chi connectivity index (χ2v) is 31.2. The number of carbonyl (C=O) groups excluding carboxylic acids is 5. The van der Waals surface area contributed by atoms with Crippen molar-refractivity contribution >= 4 is 78.2 Å². The average Bonchev–Trinajstić information content (AvgIpc) is 1.15. The molecule has 0 radical (unpaired) electrons. The number of carbonyl (C=O) groups is 5. The van der Waals surface area contributed by atoms with E-state index < -0.39 is 82.5 Å². The third-order valence-electron chi connectivity index (χ3n) is 18.8. The summed E-state index contributed by atoms with van der Waals surface area (Å²) >= 11 is 1.42. The van der Waals surface area contributed by atoms with E-state index in [0.29, 0.717) is 106 Å². The molecule has 21 nitrogen and oxygen atoms in total. The maximum Gasteiger partial charge on any atom is 0.501 e. The van der Waals surface area contributed by atoms with Gasteiger partial charge in [-0.05, 0) is 147 Å². The van der Waals surface area contributed by atoms with Gasteiger partial charge in [0.2, 0.25) is 11.8 Å². The molecule has 2 atom stereocenters. The van der Waals surface area contributed by atoms with E-state index in [-0.39, 0.29) is 36.1 Å². The van der Waals surface area contributed by atoms with Crippen LogP contribution in [-0.4, -0.2) is 194 Å². The van der Waals surface area contributed by atoms with E-state index in [1.54, 1.807) is 16.9 Å².